The van der Waals surface area contributed by atoms with E-state index in [2.05, 4.69) is 58.0 Å². The summed E-state index contributed by atoms with van der Waals surface area (Å²) < 4.78 is 10.7. The zero-order valence-corrected chi connectivity index (χ0v) is 24.4. The number of rotatable bonds is 15. The second-order valence-electron chi connectivity index (χ2n) is 9.37. The van der Waals surface area contributed by atoms with Crippen LogP contribution in [-0.4, -0.2) is 39.0 Å². The molecule has 0 saturated heterocycles. The third-order valence-corrected chi connectivity index (χ3v) is 22.0. The van der Waals surface area contributed by atoms with Gasteiger partial charge in [-0.25, -0.2) is 0 Å². The minimum atomic E-state index is -2.76. The summed E-state index contributed by atoms with van der Waals surface area (Å²) in [6, 6.07) is 0. The van der Waals surface area contributed by atoms with Crippen molar-refractivity contribution in [2.24, 2.45) is 0 Å². The first-order chi connectivity index (χ1) is 13.8. The summed E-state index contributed by atoms with van der Waals surface area (Å²) in [6.07, 6.45) is 12.7. The van der Waals surface area contributed by atoms with Crippen LogP contribution in [0.4, 0.5) is 0 Å². The van der Waals surface area contributed by atoms with Gasteiger partial charge in [-0.1, -0.05) is 0 Å². The molecule has 0 aromatic rings. The van der Waals surface area contributed by atoms with Crippen molar-refractivity contribution in [3.8, 4) is 11.5 Å². The summed E-state index contributed by atoms with van der Waals surface area (Å²) >= 11 is -2.76. The summed E-state index contributed by atoms with van der Waals surface area (Å²) in [7, 11) is -1.28. The number of hydrogen-bond acceptors (Lipinski definition) is 2. The molecule has 0 radical (unpaired) electrons. The molecule has 0 saturated carbocycles. The number of carbonyl (C=O) groups excluding carboxylic acids is 1. The molecule has 0 aliphatic rings. The quantitative estimate of drug-likeness (QED) is 0.0711. The number of carbonyl (C=O) groups is 1. The van der Waals surface area contributed by atoms with Crippen LogP contribution in [0, 0.1) is 11.5 Å². The van der Waals surface area contributed by atoms with Crippen molar-refractivity contribution in [2.45, 2.75) is 118 Å². The van der Waals surface area contributed by atoms with Crippen LogP contribution in [0.25, 0.3) is 0 Å². The van der Waals surface area contributed by atoms with E-state index in [1.165, 1.54) is 55.4 Å². The van der Waals surface area contributed by atoms with E-state index in [9.17, 15) is 4.79 Å². The molecule has 4 heteroatoms. The van der Waals surface area contributed by atoms with Crippen molar-refractivity contribution in [2.75, 3.05) is 6.61 Å². The van der Waals surface area contributed by atoms with Crippen molar-refractivity contribution >= 4 is 32.4 Å². The predicted octanol–water partition coefficient (Wildman–Crippen LogP) is 7.92. The fraction of sp³-hybridized carbons (Fsp3) is 0.800. The van der Waals surface area contributed by atoms with Crippen molar-refractivity contribution in [1.82, 2.24) is 0 Å². The molecule has 2 nitrogen and oxygen atoms in total. The summed E-state index contributed by atoms with van der Waals surface area (Å²) in [5.41, 5.74) is 3.46. The van der Waals surface area contributed by atoms with Gasteiger partial charge in [0, 0.05) is 0 Å². The van der Waals surface area contributed by atoms with Crippen molar-refractivity contribution < 1.29 is 9.53 Å². The topological polar surface area (TPSA) is 26.3 Å². The molecule has 0 unspecified atom stereocenters. The standard InChI is InChI=1S/C13H21O2Si.3C4H9.Sn/c1-5-15-13(14)11-9-7-6-8-10-12-16(2,3)4;3*1-3-4-2;/h9H,5-8H2,1-4H3;3*1,3-4H2,2H3;. The summed E-state index contributed by atoms with van der Waals surface area (Å²) in [5, 5.41) is 0. The molecular weight excluding hydrogens is 479 g/mol. The average Bonchev–Trinajstić information content (AvgIpc) is 2.67. The van der Waals surface area contributed by atoms with Gasteiger partial charge in [0.15, 0.2) is 0 Å². The second-order valence-corrected chi connectivity index (χ2v) is 27.3. The fourth-order valence-electron chi connectivity index (χ4n) is 3.81. The molecule has 0 bridgehead atoms. The first-order valence-corrected chi connectivity index (χ1v) is 23.1. The normalized spacial score (nSPS) is 12.4. The Hall–Kier alpha value is -0.214. The van der Waals surface area contributed by atoms with Gasteiger partial charge in [0.2, 0.25) is 0 Å². The van der Waals surface area contributed by atoms with Crippen LogP contribution < -0.4 is 0 Å². The number of allylic oxidation sites excluding steroid dienone is 1. The Morgan fingerprint density at radius 3 is 1.83 bits per heavy atom. The van der Waals surface area contributed by atoms with Crippen LogP contribution in [-0.2, 0) is 9.53 Å². The van der Waals surface area contributed by atoms with Gasteiger partial charge in [0.1, 0.15) is 0 Å². The van der Waals surface area contributed by atoms with Gasteiger partial charge < -0.3 is 0 Å². The second kappa shape index (κ2) is 16.5. The zero-order valence-electron chi connectivity index (χ0n) is 20.6. The van der Waals surface area contributed by atoms with Crippen LogP contribution in [0.3, 0.4) is 0 Å². The molecule has 0 spiro atoms. The molecular formula is C25H48O2SiSn. The van der Waals surface area contributed by atoms with E-state index in [0.717, 1.165) is 19.3 Å². The van der Waals surface area contributed by atoms with E-state index >= 15 is 0 Å². The van der Waals surface area contributed by atoms with Crippen molar-refractivity contribution in [3.05, 3.63) is 9.67 Å². The third-order valence-electron chi connectivity index (χ3n) is 5.41. The molecule has 0 aliphatic heterocycles. The number of hydrogen-bond donors (Lipinski definition) is 0. The van der Waals surface area contributed by atoms with E-state index in [0.29, 0.717) is 6.61 Å². The summed E-state index contributed by atoms with van der Waals surface area (Å²) in [5.74, 6) is 3.39. The van der Waals surface area contributed by atoms with Gasteiger partial charge in [-0.3, -0.25) is 0 Å². The average molecular weight is 527 g/mol. The first kappa shape index (κ1) is 28.8. The van der Waals surface area contributed by atoms with Crippen LogP contribution in [0.5, 0.6) is 0 Å². The van der Waals surface area contributed by atoms with E-state index in [-0.39, 0.29) is 5.97 Å². The molecule has 0 aromatic heterocycles. The van der Waals surface area contributed by atoms with Gasteiger partial charge in [-0.2, -0.15) is 0 Å². The summed E-state index contributed by atoms with van der Waals surface area (Å²) in [6.45, 7) is 16.1. The Morgan fingerprint density at radius 2 is 1.41 bits per heavy atom. The van der Waals surface area contributed by atoms with Crippen LogP contribution in [0.1, 0.15) is 85.5 Å². The maximum absolute atomic E-state index is 13.1. The molecule has 0 N–H and O–H groups in total. The number of unbranched alkanes of at least 4 members (excludes halogenated alkanes) is 5. The Kier molecular flexibility index (Phi) is 16.4. The van der Waals surface area contributed by atoms with Crippen LogP contribution in [0.2, 0.25) is 33.0 Å². The number of ether oxygens (including phenoxy) is 1. The Labute approximate surface area is 187 Å². The van der Waals surface area contributed by atoms with Gasteiger partial charge in [0.25, 0.3) is 0 Å². The van der Waals surface area contributed by atoms with E-state index < -0.39 is 26.5 Å². The molecule has 0 rings (SSSR count). The maximum atomic E-state index is 13.1. The molecule has 0 aliphatic carbocycles. The van der Waals surface area contributed by atoms with Gasteiger partial charge in [-0.05, 0) is 0 Å². The van der Waals surface area contributed by atoms with E-state index in [4.69, 9.17) is 4.74 Å². The van der Waals surface area contributed by atoms with Crippen molar-refractivity contribution in [3.63, 3.8) is 0 Å². The first-order valence-electron chi connectivity index (χ1n) is 12.1. The van der Waals surface area contributed by atoms with Crippen LogP contribution in [0.15, 0.2) is 9.67 Å². The summed E-state index contributed by atoms with van der Waals surface area (Å²) in [4.78, 5) is 13.1. The molecule has 0 atom stereocenters. The molecule has 0 amide bonds. The minimum absolute atomic E-state index is 0.0137. The van der Waals surface area contributed by atoms with Gasteiger partial charge in [-0.15, -0.1) is 0 Å². The Balaban J connectivity index is 5.63. The SMILES string of the molecule is CCC[CH2][Sn]([CH2]CCC)([CH2]CCC)/[C](=C/CCCC#C[Si](C)(C)C)C(=O)OCC. The fourth-order valence-corrected chi connectivity index (χ4v) is 20.8. The predicted molar refractivity (Wildman–Crippen MR) is 135 cm³/mol. The van der Waals surface area contributed by atoms with Gasteiger partial charge >= 0.3 is 188 Å². The zero-order chi connectivity index (χ0) is 22.2. The van der Waals surface area contributed by atoms with Crippen molar-refractivity contribution in [1.29, 1.82) is 0 Å². The monoisotopic (exact) mass is 528 g/mol. The van der Waals surface area contributed by atoms with E-state index in [1.807, 2.05) is 6.92 Å². The number of esters is 1. The molecule has 29 heavy (non-hydrogen) atoms. The van der Waals surface area contributed by atoms with Gasteiger partial charge in [0.05, 0.1) is 0 Å². The third kappa shape index (κ3) is 12.9. The van der Waals surface area contributed by atoms with E-state index in [1.54, 1.807) is 0 Å². The molecule has 0 fully saturated rings. The molecule has 168 valence electrons. The molecule has 0 heterocycles. The Bertz CT molecular complexity index is 515. The molecule has 0 aromatic carbocycles. The Morgan fingerprint density at radius 1 is 0.897 bits per heavy atom. The van der Waals surface area contributed by atoms with Crippen LogP contribution >= 0.6 is 0 Å².